The number of hydrogen-bond donors (Lipinski definition) is 3. The third-order valence-corrected chi connectivity index (χ3v) is 1.66. The van der Waals surface area contributed by atoms with Gasteiger partial charge in [-0.05, 0) is 12.1 Å². The number of rotatable bonds is 1. The van der Waals surface area contributed by atoms with Gasteiger partial charge in [-0.2, -0.15) is 10.3 Å². The number of hydrogen-bond acceptors (Lipinski definition) is 2. The van der Waals surface area contributed by atoms with Crippen LogP contribution in [0.15, 0.2) is 22.1 Å². The predicted octanol–water partition coefficient (Wildman–Crippen LogP) is 0.0561. The van der Waals surface area contributed by atoms with E-state index >= 15 is 0 Å². The summed E-state index contributed by atoms with van der Waals surface area (Å²) in [6, 6.07) is 3.38. The molecule has 1 aromatic carbocycles. The number of aliphatic imine (C=N–C) groups is 2. The molecule has 8 heteroatoms. The molecule has 1 rings (SSSR count). The normalized spacial score (nSPS) is 10.8. The second-order valence-electron chi connectivity index (χ2n) is 2.87. The van der Waals surface area contributed by atoms with Crippen molar-refractivity contribution < 1.29 is 8.78 Å². The fraction of sp³-hybridized carbons (Fsp3) is 0. The van der Waals surface area contributed by atoms with Gasteiger partial charge in [0.2, 0.25) is 5.96 Å². The Bertz CT molecular complexity index is 539. The van der Waals surface area contributed by atoms with Crippen LogP contribution in [-0.2, 0) is 0 Å². The average molecular weight is 238 g/mol. The van der Waals surface area contributed by atoms with Crippen LogP contribution >= 0.6 is 0 Å². The summed E-state index contributed by atoms with van der Waals surface area (Å²) in [7, 11) is 0. The maximum Gasteiger partial charge on any atom is 0.223 e. The molecular weight excluding hydrogens is 230 g/mol. The van der Waals surface area contributed by atoms with E-state index in [1.165, 1.54) is 6.07 Å². The van der Waals surface area contributed by atoms with Gasteiger partial charge in [0.25, 0.3) is 0 Å². The molecule has 0 unspecified atom stereocenters. The van der Waals surface area contributed by atoms with Crippen LogP contribution < -0.4 is 17.2 Å². The summed E-state index contributed by atoms with van der Waals surface area (Å²) in [4.78, 5) is 6.96. The third kappa shape index (κ3) is 2.88. The maximum absolute atomic E-state index is 13.2. The highest BCUT2D eigenvalue weighted by Gasteiger charge is 2.12. The van der Waals surface area contributed by atoms with Crippen LogP contribution in [0.3, 0.4) is 0 Å². The van der Waals surface area contributed by atoms with Crippen molar-refractivity contribution in [3.8, 4) is 6.07 Å². The zero-order valence-electron chi connectivity index (χ0n) is 8.48. The molecule has 0 bridgehead atoms. The molecule has 0 atom stereocenters. The molecule has 6 N–H and O–H groups in total. The maximum atomic E-state index is 13.2. The zero-order valence-corrected chi connectivity index (χ0v) is 8.48. The molecule has 0 aliphatic carbocycles. The number of guanidine groups is 2. The van der Waals surface area contributed by atoms with Gasteiger partial charge < -0.3 is 17.2 Å². The van der Waals surface area contributed by atoms with Crippen molar-refractivity contribution in [2.75, 3.05) is 0 Å². The summed E-state index contributed by atoms with van der Waals surface area (Å²) < 4.78 is 26.0. The van der Waals surface area contributed by atoms with Crippen molar-refractivity contribution in [3.63, 3.8) is 0 Å². The number of halogens is 2. The van der Waals surface area contributed by atoms with E-state index in [1.54, 1.807) is 0 Å². The van der Waals surface area contributed by atoms with Crippen LogP contribution in [0.2, 0.25) is 0 Å². The molecule has 17 heavy (non-hydrogen) atoms. The molecule has 0 aliphatic rings. The minimum atomic E-state index is -1.30. The van der Waals surface area contributed by atoms with Gasteiger partial charge in [-0.25, -0.2) is 13.8 Å². The molecule has 6 nitrogen and oxygen atoms in total. The van der Waals surface area contributed by atoms with Crippen LogP contribution in [0.4, 0.5) is 14.5 Å². The molecule has 0 saturated carbocycles. The minimum Gasteiger partial charge on any atom is -0.370 e. The first-order valence-corrected chi connectivity index (χ1v) is 4.27. The summed E-state index contributed by atoms with van der Waals surface area (Å²) >= 11 is 0. The standard InChI is InChI=1S/C9H8F2N6/c10-5-1-2-6(4(3-12)7(5)11)16-9(15)17-8(13)14/h1-2H,(H6,13,14,15,16,17). The van der Waals surface area contributed by atoms with Gasteiger partial charge in [0.1, 0.15) is 11.6 Å². The molecule has 0 spiro atoms. The number of nitriles is 1. The second kappa shape index (κ2) is 4.89. The second-order valence-corrected chi connectivity index (χ2v) is 2.87. The summed E-state index contributed by atoms with van der Waals surface area (Å²) in [5.74, 6) is -3.16. The molecule has 0 fully saturated rings. The lowest BCUT2D eigenvalue weighted by molar-refractivity contribution is 0.506. The molecule has 0 aromatic heterocycles. The van der Waals surface area contributed by atoms with E-state index in [-0.39, 0.29) is 17.6 Å². The van der Waals surface area contributed by atoms with Gasteiger partial charge in [0.15, 0.2) is 17.6 Å². The van der Waals surface area contributed by atoms with Crippen molar-refractivity contribution in [1.29, 1.82) is 5.26 Å². The van der Waals surface area contributed by atoms with Crippen LogP contribution in [0, 0.1) is 23.0 Å². The summed E-state index contributed by atoms with van der Waals surface area (Å²) in [6.07, 6.45) is 0. The van der Waals surface area contributed by atoms with E-state index in [4.69, 9.17) is 22.5 Å². The molecule has 0 amide bonds. The summed E-state index contributed by atoms with van der Waals surface area (Å²) in [6.45, 7) is 0. The van der Waals surface area contributed by atoms with Crippen LogP contribution in [0.25, 0.3) is 0 Å². The van der Waals surface area contributed by atoms with E-state index in [0.29, 0.717) is 0 Å². The SMILES string of the molecule is N#Cc1c(N=C(N)N=C(N)N)ccc(F)c1F. The Morgan fingerprint density at radius 2 is 1.88 bits per heavy atom. The van der Waals surface area contributed by atoms with E-state index in [9.17, 15) is 8.78 Å². The third-order valence-electron chi connectivity index (χ3n) is 1.66. The van der Waals surface area contributed by atoms with E-state index in [0.717, 1.165) is 12.1 Å². The molecule has 88 valence electrons. The first-order valence-electron chi connectivity index (χ1n) is 4.27. The molecule has 1 aromatic rings. The van der Waals surface area contributed by atoms with Crippen molar-refractivity contribution >= 4 is 17.6 Å². The topological polar surface area (TPSA) is 127 Å². The first kappa shape index (κ1) is 12.4. The van der Waals surface area contributed by atoms with E-state index in [2.05, 4.69) is 9.98 Å². The Morgan fingerprint density at radius 3 is 2.41 bits per heavy atom. The van der Waals surface area contributed by atoms with Crippen molar-refractivity contribution in [1.82, 2.24) is 0 Å². The fourth-order valence-electron chi connectivity index (χ4n) is 1.02. The molecule has 0 aliphatic heterocycles. The van der Waals surface area contributed by atoms with Crippen LogP contribution in [0.1, 0.15) is 5.56 Å². The lowest BCUT2D eigenvalue weighted by atomic mass is 10.2. The molecule has 0 radical (unpaired) electrons. The summed E-state index contributed by atoms with van der Waals surface area (Å²) in [5, 5.41) is 8.67. The highest BCUT2D eigenvalue weighted by molar-refractivity contribution is 5.93. The number of nitrogens with two attached hydrogens (primary N) is 3. The zero-order chi connectivity index (χ0) is 13.0. The van der Waals surface area contributed by atoms with Gasteiger partial charge in [-0.15, -0.1) is 0 Å². The molecule has 0 heterocycles. The highest BCUT2D eigenvalue weighted by Crippen LogP contribution is 2.23. The smallest absolute Gasteiger partial charge is 0.223 e. The van der Waals surface area contributed by atoms with Gasteiger partial charge in [-0.3, -0.25) is 0 Å². The van der Waals surface area contributed by atoms with Crippen molar-refractivity contribution in [3.05, 3.63) is 29.3 Å². The quantitative estimate of drug-likeness (QED) is 0.472. The summed E-state index contributed by atoms with van der Waals surface area (Å²) in [5.41, 5.74) is 14.6. The van der Waals surface area contributed by atoms with Gasteiger partial charge in [-0.1, -0.05) is 0 Å². The van der Waals surface area contributed by atoms with Crippen LogP contribution in [-0.4, -0.2) is 11.9 Å². The van der Waals surface area contributed by atoms with Gasteiger partial charge in [0, 0.05) is 0 Å². The molecule has 0 saturated heterocycles. The first-order chi connectivity index (χ1) is 7.95. The minimum absolute atomic E-state index is 0.158. The van der Waals surface area contributed by atoms with Gasteiger partial charge >= 0.3 is 0 Å². The Morgan fingerprint density at radius 1 is 1.24 bits per heavy atom. The van der Waals surface area contributed by atoms with E-state index in [1.807, 2.05) is 0 Å². The monoisotopic (exact) mass is 238 g/mol. The van der Waals surface area contributed by atoms with E-state index < -0.39 is 17.2 Å². The largest absolute Gasteiger partial charge is 0.370 e. The average Bonchev–Trinajstić information content (AvgIpc) is 2.23. The van der Waals surface area contributed by atoms with Crippen molar-refractivity contribution in [2.24, 2.45) is 27.2 Å². The number of benzene rings is 1. The lowest BCUT2D eigenvalue weighted by Gasteiger charge is -2.00. The number of nitrogens with zero attached hydrogens (tertiary/aromatic N) is 3. The lowest BCUT2D eigenvalue weighted by Crippen LogP contribution is -2.26. The predicted molar refractivity (Wildman–Crippen MR) is 58.2 cm³/mol. The fourth-order valence-corrected chi connectivity index (χ4v) is 1.02. The Labute approximate surface area is 95.1 Å². The Balaban J connectivity index is 3.31. The highest BCUT2D eigenvalue weighted by atomic mass is 19.2. The Kier molecular flexibility index (Phi) is 3.56. The molecular formula is C9H8F2N6. The van der Waals surface area contributed by atoms with Crippen molar-refractivity contribution in [2.45, 2.75) is 0 Å². The Hall–Kier alpha value is -2.69. The van der Waals surface area contributed by atoms with Crippen LogP contribution in [0.5, 0.6) is 0 Å². The van der Waals surface area contributed by atoms with Gasteiger partial charge in [0.05, 0.1) is 5.69 Å².